The Morgan fingerprint density at radius 3 is 2.32 bits per heavy atom. The maximum Gasteiger partial charge on any atom is 0.0207 e. The van der Waals surface area contributed by atoms with Gasteiger partial charge in [0.05, 0.1) is 0 Å². The molecular formula is C17H28BrN. The van der Waals surface area contributed by atoms with E-state index >= 15 is 0 Å². The average Bonchev–Trinajstić information content (AvgIpc) is 2.34. The molecule has 0 aromatic heterocycles. The second-order valence-corrected chi connectivity index (χ2v) is 7.05. The zero-order chi connectivity index (χ0) is 14.3. The predicted octanol–water partition coefficient (Wildman–Crippen LogP) is 5.04. The van der Waals surface area contributed by atoms with Gasteiger partial charge in [0.25, 0.3) is 0 Å². The van der Waals surface area contributed by atoms with Gasteiger partial charge in [0.2, 0.25) is 0 Å². The summed E-state index contributed by atoms with van der Waals surface area (Å²) in [6, 6.07) is 9.17. The molecule has 1 rings (SSSR count). The number of benzene rings is 1. The van der Waals surface area contributed by atoms with Crippen molar-refractivity contribution in [1.29, 1.82) is 0 Å². The Labute approximate surface area is 127 Å². The number of nitrogens with one attached hydrogen (secondary N) is 1. The minimum atomic E-state index is 0.570. The lowest BCUT2D eigenvalue weighted by Gasteiger charge is -2.21. The molecule has 1 aromatic carbocycles. The molecule has 0 aliphatic heterocycles. The molecule has 1 nitrogen and oxygen atoms in total. The molecule has 1 aromatic rings. The highest BCUT2D eigenvalue weighted by atomic mass is 79.9. The predicted molar refractivity (Wildman–Crippen MR) is 88.5 cm³/mol. The lowest BCUT2D eigenvalue weighted by molar-refractivity contribution is 0.385. The van der Waals surface area contributed by atoms with Crippen LogP contribution in [0.25, 0.3) is 0 Å². The molecule has 0 spiro atoms. The Morgan fingerprint density at radius 2 is 1.74 bits per heavy atom. The van der Waals surface area contributed by atoms with Gasteiger partial charge in [-0.15, -0.1) is 0 Å². The summed E-state index contributed by atoms with van der Waals surface area (Å²) in [5, 5.41) is 3.59. The van der Waals surface area contributed by atoms with Crippen LogP contribution in [0.3, 0.4) is 0 Å². The molecule has 1 N–H and O–H groups in total. The van der Waals surface area contributed by atoms with Crippen molar-refractivity contribution in [3.8, 4) is 0 Å². The molecule has 0 saturated carbocycles. The maximum atomic E-state index is 3.66. The largest absolute Gasteiger partial charge is 0.314 e. The molecule has 0 aliphatic carbocycles. The van der Waals surface area contributed by atoms with Gasteiger partial charge < -0.3 is 5.32 Å². The van der Waals surface area contributed by atoms with Crippen LogP contribution < -0.4 is 5.32 Å². The highest BCUT2D eigenvalue weighted by Gasteiger charge is 2.12. The smallest absolute Gasteiger partial charge is 0.0207 e. The molecule has 0 aliphatic rings. The molecule has 0 saturated heterocycles. The van der Waals surface area contributed by atoms with E-state index in [9.17, 15) is 0 Å². The number of hydrogen-bond donors (Lipinski definition) is 1. The third-order valence-corrected chi connectivity index (χ3v) is 4.21. The molecule has 19 heavy (non-hydrogen) atoms. The van der Waals surface area contributed by atoms with Gasteiger partial charge in [-0.1, -0.05) is 68.2 Å². The standard InChI is InChI=1S/C17H28BrN/c1-13(2)9-10-15(12-19-14(3)4)11-16-7-5-6-8-17(16)18/h5-8,13-15,19H,9-12H2,1-4H3. The van der Waals surface area contributed by atoms with E-state index in [0.717, 1.165) is 24.8 Å². The first-order valence-electron chi connectivity index (χ1n) is 7.45. The Morgan fingerprint density at radius 1 is 1.05 bits per heavy atom. The molecule has 0 heterocycles. The highest BCUT2D eigenvalue weighted by molar-refractivity contribution is 9.10. The summed E-state index contributed by atoms with van der Waals surface area (Å²) in [7, 11) is 0. The van der Waals surface area contributed by atoms with E-state index in [1.807, 2.05) is 0 Å². The molecule has 0 radical (unpaired) electrons. The molecule has 1 unspecified atom stereocenters. The molecule has 1 atom stereocenters. The third-order valence-electron chi connectivity index (χ3n) is 3.43. The van der Waals surface area contributed by atoms with E-state index in [0.29, 0.717) is 6.04 Å². The number of hydrogen-bond acceptors (Lipinski definition) is 1. The van der Waals surface area contributed by atoms with Crippen molar-refractivity contribution < 1.29 is 0 Å². The first-order valence-corrected chi connectivity index (χ1v) is 8.25. The second-order valence-electron chi connectivity index (χ2n) is 6.20. The summed E-state index contributed by atoms with van der Waals surface area (Å²) in [4.78, 5) is 0. The van der Waals surface area contributed by atoms with Crippen LogP contribution >= 0.6 is 15.9 Å². The Balaban J connectivity index is 2.59. The van der Waals surface area contributed by atoms with Gasteiger partial charge in [-0.05, 0) is 42.9 Å². The van der Waals surface area contributed by atoms with Gasteiger partial charge >= 0.3 is 0 Å². The van der Waals surface area contributed by atoms with Gasteiger partial charge in [-0.3, -0.25) is 0 Å². The lowest BCUT2D eigenvalue weighted by Crippen LogP contribution is -2.30. The fourth-order valence-electron chi connectivity index (χ4n) is 2.22. The fourth-order valence-corrected chi connectivity index (χ4v) is 2.67. The number of rotatable bonds is 8. The lowest BCUT2D eigenvalue weighted by atomic mass is 9.91. The van der Waals surface area contributed by atoms with Crippen molar-refractivity contribution in [2.75, 3.05) is 6.54 Å². The molecule has 2 heteroatoms. The monoisotopic (exact) mass is 325 g/mol. The minimum absolute atomic E-state index is 0.570. The van der Waals surface area contributed by atoms with E-state index in [1.165, 1.54) is 22.9 Å². The van der Waals surface area contributed by atoms with E-state index in [4.69, 9.17) is 0 Å². The van der Waals surface area contributed by atoms with Crippen molar-refractivity contribution in [2.24, 2.45) is 11.8 Å². The van der Waals surface area contributed by atoms with Crippen molar-refractivity contribution >= 4 is 15.9 Å². The first-order chi connectivity index (χ1) is 8.99. The molecule has 0 fully saturated rings. The van der Waals surface area contributed by atoms with Crippen LogP contribution in [-0.2, 0) is 6.42 Å². The van der Waals surface area contributed by atoms with Crippen LogP contribution in [0.2, 0.25) is 0 Å². The molecule has 108 valence electrons. The van der Waals surface area contributed by atoms with Gasteiger partial charge in [0, 0.05) is 10.5 Å². The van der Waals surface area contributed by atoms with Gasteiger partial charge in [-0.25, -0.2) is 0 Å². The van der Waals surface area contributed by atoms with Crippen molar-refractivity contribution in [2.45, 2.75) is 53.0 Å². The van der Waals surface area contributed by atoms with Gasteiger partial charge in [0.1, 0.15) is 0 Å². The quantitative estimate of drug-likeness (QED) is 0.705. The summed E-state index contributed by atoms with van der Waals surface area (Å²) in [5.74, 6) is 1.52. The Bertz CT molecular complexity index is 348. The van der Waals surface area contributed by atoms with Crippen LogP contribution in [0.4, 0.5) is 0 Å². The Hall–Kier alpha value is -0.340. The summed E-state index contributed by atoms with van der Waals surface area (Å²) >= 11 is 3.66. The second kappa shape index (κ2) is 8.76. The average molecular weight is 326 g/mol. The zero-order valence-electron chi connectivity index (χ0n) is 12.7. The van der Waals surface area contributed by atoms with E-state index in [2.05, 4.69) is 73.2 Å². The summed E-state index contributed by atoms with van der Waals surface area (Å²) in [5.41, 5.74) is 1.43. The minimum Gasteiger partial charge on any atom is -0.314 e. The van der Waals surface area contributed by atoms with Crippen LogP contribution in [-0.4, -0.2) is 12.6 Å². The molecule has 0 amide bonds. The van der Waals surface area contributed by atoms with Crippen molar-refractivity contribution in [3.63, 3.8) is 0 Å². The van der Waals surface area contributed by atoms with E-state index in [1.54, 1.807) is 0 Å². The molecular weight excluding hydrogens is 298 g/mol. The topological polar surface area (TPSA) is 12.0 Å². The normalized spacial score (nSPS) is 13.2. The van der Waals surface area contributed by atoms with Crippen LogP contribution in [0.15, 0.2) is 28.7 Å². The van der Waals surface area contributed by atoms with Crippen LogP contribution in [0, 0.1) is 11.8 Å². The fraction of sp³-hybridized carbons (Fsp3) is 0.647. The summed E-state index contributed by atoms with van der Waals surface area (Å²) in [6.07, 6.45) is 3.78. The Kier molecular flexibility index (Phi) is 7.70. The zero-order valence-corrected chi connectivity index (χ0v) is 14.3. The SMILES string of the molecule is CC(C)CCC(CNC(C)C)Cc1ccccc1Br. The van der Waals surface area contributed by atoms with Crippen LogP contribution in [0.5, 0.6) is 0 Å². The first kappa shape index (κ1) is 16.7. The van der Waals surface area contributed by atoms with E-state index < -0.39 is 0 Å². The summed E-state index contributed by atoms with van der Waals surface area (Å²) < 4.78 is 1.24. The molecule has 0 bridgehead atoms. The maximum absolute atomic E-state index is 3.66. The van der Waals surface area contributed by atoms with Gasteiger partial charge in [0.15, 0.2) is 0 Å². The van der Waals surface area contributed by atoms with E-state index in [-0.39, 0.29) is 0 Å². The van der Waals surface area contributed by atoms with Gasteiger partial charge in [-0.2, -0.15) is 0 Å². The summed E-state index contributed by atoms with van der Waals surface area (Å²) in [6.45, 7) is 10.2. The van der Waals surface area contributed by atoms with Crippen LogP contribution in [0.1, 0.15) is 46.1 Å². The van der Waals surface area contributed by atoms with Crippen molar-refractivity contribution in [1.82, 2.24) is 5.32 Å². The number of halogens is 1. The van der Waals surface area contributed by atoms with Crippen molar-refractivity contribution in [3.05, 3.63) is 34.3 Å². The highest BCUT2D eigenvalue weighted by Crippen LogP contribution is 2.22. The third kappa shape index (κ3) is 7.12.